The molecule has 62 heavy (non-hydrogen) atoms. The zero-order chi connectivity index (χ0) is 40.8. The molecular weight excluding hydrogens is 753 g/mol. The minimum Gasteiger partial charge on any atom is -0.456 e. The average molecular weight is 789 g/mol. The molecular formula is C59H36N2O. The van der Waals surface area contributed by atoms with Crippen molar-refractivity contribution in [2.45, 2.75) is 5.41 Å². The summed E-state index contributed by atoms with van der Waals surface area (Å²) in [5.41, 5.74) is 20.5. The maximum atomic E-state index is 6.42. The fraction of sp³-hybridized carbons (Fsp3) is 0.0169. The highest BCUT2D eigenvalue weighted by Gasteiger charge is 2.49. The van der Waals surface area contributed by atoms with Gasteiger partial charge in [-0.15, -0.1) is 0 Å². The molecule has 0 bridgehead atoms. The molecule has 2 heterocycles. The number of aromatic nitrogens is 2. The number of rotatable bonds is 4. The third-order valence-electron chi connectivity index (χ3n) is 13.2. The summed E-state index contributed by atoms with van der Waals surface area (Å²) in [6.07, 6.45) is 0. The summed E-state index contributed by atoms with van der Waals surface area (Å²) in [6.45, 7) is 0. The minimum atomic E-state index is -0.598. The molecule has 0 radical (unpaired) electrons. The fourth-order valence-electron chi connectivity index (χ4n) is 10.5. The Morgan fingerprint density at radius 1 is 0.290 bits per heavy atom. The van der Waals surface area contributed by atoms with Crippen molar-refractivity contribution >= 4 is 21.9 Å². The molecule has 0 saturated carbocycles. The summed E-state index contributed by atoms with van der Waals surface area (Å²) in [5, 5.41) is 2.19. The molecule has 0 saturated heterocycles. The van der Waals surface area contributed by atoms with Crippen LogP contribution in [-0.4, -0.2) is 9.97 Å². The Kier molecular flexibility index (Phi) is 7.52. The maximum absolute atomic E-state index is 6.42. The van der Waals surface area contributed by atoms with E-state index >= 15 is 0 Å². The number of benzene rings is 9. The van der Waals surface area contributed by atoms with E-state index in [0.717, 1.165) is 61.1 Å². The summed E-state index contributed by atoms with van der Waals surface area (Å²) >= 11 is 0. The topological polar surface area (TPSA) is 38.9 Å². The van der Waals surface area contributed by atoms with Crippen molar-refractivity contribution in [2.75, 3.05) is 0 Å². The first-order chi connectivity index (χ1) is 30.7. The van der Waals surface area contributed by atoms with Gasteiger partial charge in [-0.2, -0.15) is 0 Å². The molecule has 288 valence electrons. The van der Waals surface area contributed by atoms with Crippen LogP contribution in [0.2, 0.25) is 0 Å². The molecule has 13 rings (SSSR count). The summed E-state index contributed by atoms with van der Waals surface area (Å²) in [4.78, 5) is 10.9. The van der Waals surface area contributed by atoms with Crippen LogP contribution >= 0.6 is 0 Å². The van der Waals surface area contributed by atoms with E-state index in [0.29, 0.717) is 5.82 Å². The molecule has 3 nitrogen and oxygen atoms in total. The van der Waals surface area contributed by atoms with Crippen molar-refractivity contribution in [3.63, 3.8) is 0 Å². The van der Waals surface area contributed by atoms with Crippen LogP contribution in [0.4, 0.5) is 0 Å². The van der Waals surface area contributed by atoms with E-state index in [1.54, 1.807) is 0 Å². The van der Waals surface area contributed by atoms with Crippen LogP contribution in [0.25, 0.3) is 100 Å². The molecule has 0 N–H and O–H groups in total. The van der Waals surface area contributed by atoms with Gasteiger partial charge in [-0.3, -0.25) is 0 Å². The van der Waals surface area contributed by atoms with Gasteiger partial charge in [-0.1, -0.05) is 188 Å². The molecule has 0 unspecified atom stereocenters. The third-order valence-corrected chi connectivity index (χ3v) is 13.2. The van der Waals surface area contributed by atoms with Crippen LogP contribution in [0.1, 0.15) is 22.3 Å². The molecule has 3 heteroatoms. The van der Waals surface area contributed by atoms with E-state index in [1.165, 1.54) is 55.6 Å². The van der Waals surface area contributed by atoms with Crippen LogP contribution in [0.3, 0.4) is 0 Å². The summed E-state index contributed by atoms with van der Waals surface area (Å²) in [5.74, 6) is 0.665. The van der Waals surface area contributed by atoms with E-state index in [-0.39, 0.29) is 0 Å². The van der Waals surface area contributed by atoms with E-state index in [9.17, 15) is 0 Å². The Hall–Kier alpha value is -8.14. The second-order valence-electron chi connectivity index (χ2n) is 16.4. The van der Waals surface area contributed by atoms with Gasteiger partial charge in [0.25, 0.3) is 0 Å². The Bertz CT molecular complexity index is 3550. The van der Waals surface area contributed by atoms with Crippen molar-refractivity contribution in [1.29, 1.82) is 0 Å². The predicted molar refractivity (Wildman–Crippen MR) is 253 cm³/mol. The molecule has 0 aliphatic heterocycles. The molecule has 2 aliphatic rings. The predicted octanol–water partition coefficient (Wildman–Crippen LogP) is 15.1. The zero-order valence-corrected chi connectivity index (χ0v) is 33.6. The van der Waals surface area contributed by atoms with Gasteiger partial charge in [0.15, 0.2) is 5.82 Å². The highest BCUT2D eigenvalue weighted by molar-refractivity contribution is 6.06. The largest absolute Gasteiger partial charge is 0.456 e. The standard InChI is InChI=1S/C59H36N2O/c1-2-16-37(17-3-1)40-18-4-7-25-49(40)58-60-54(36-55(61-58)39-31-33-48-47-24-11-15-29-56(47)62-57(48)35-39)38-30-32-46-42-20-6-5-19-41(42)43-21-8-12-26-50(43)59(53(46)34-38)51-27-13-9-22-44(51)45-23-10-14-28-52(45)59/h1-36H. The van der Waals surface area contributed by atoms with Crippen molar-refractivity contribution in [3.8, 4) is 78.4 Å². The highest BCUT2D eigenvalue weighted by Crippen LogP contribution is 2.61. The Morgan fingerprint density at radius 2 is 0.758 bits per heavy atom. The minimum absolute atomic E-state index is 0.598. The van der Waals surface area contributed by atoms with Gasteiger partial charge in [0.05, 0.1) is 16.8 Å². The first kappa shape index (κ1) is 34.7. The van der Waals surface area contributed by atoms with Crippen LogP contribution in [0.15, 0.2) is 223 Å². The first-order valence-electron chi connectivity index (χ1n) is 21.2. The number of para-hydroxylation sites is 1. The number of hydrogen-bond donors (Lipinski definition) is 0. The second kappa shape index (κ2) is 13.4. The van der Waals surface area contributed by atoms with Gasteiger partial charge in [0.2, 0.25) is 0 Å². The number of nitrogens with zero attached hydrogens (tertiary/aromatic N) is 2. The van der Waals surface area contributed by atoms with E-state index in [4.69, 9.17) is 14.4 Å². The monoisotopic (exact) mass is 788 g/mol. The lowest BCUT2D eigenvalue weighted by Crippen LogP contribution is -2.29. The van der Waals surface area contributed by atoms with E-state index < -0.39 is 5.41 Å². The Labute approximate surface area is 359 Å². The lowest BCUT2D eigenvalue weighted by Gasteiger charge is -2.35. The summed E-state index contributed by atoms with van der Waals surface area (Å²) < 4.78 is 6.42. The summed E-state index contributed by atoms with van der Waals surface area (Å²) in [6, 6.07) is 78.8. The van der Waals surface area contributed by atoms with Gasteiger partial charge in [0, 0.05) is 27.5 Å². The first-order valence-corrected chi connectivity index (χ1v) is 21.2. The number of hydrogen-bond acceptors (Lipinski definition) is 3. The molecule has 0 amide bonds. The lowest BCUT2D eigenvalue weighted by atomic mass is 9.65. The second-order valence-corrected chi connectivity index (χ2v) is 16.4. The smallest absolute Gasteiger partial charge is 0.161 e. The third kappa shape index (κ3) is 5.00. The van der Waals surface area contributed by atoms with Gasteiger partial charge in [-0.05, 0) is 97.1 Å². The van der Waals surface area contributed by atoms with Gasteiger partial charge < -0.3 is 4.42 Å². The quantitative estimate of drug-likeness (QED) is 0.178. The molecule has 11 aromatic rings. The maximum Gasteiger partial charge on any atom is 0.161 e. The van der Waals surface area contributed by atoms with Gasteiger partial charge in [-0.25, -0.2) is 9.97 Å². The van der Waals surface area contributed by atoms with E-state index in [1.807, 2.05) is 12.1 Å². The van der Waals surface area contributed by atoms with Crippen molar-refractivity contribution < 1.29 is 4.42 Å². The lowest BCUT2D eigenvalue weighted by molar-refractivity contribution is 0.669. The molecule has 9 aromatic carbocycles. The highest BCUT2D eigenvalue weighted by atomic mass is 16.3. The Morgan fingerprint density at radius 3 is 1.42 bits per heavy atom. The SMILES string of the molecule is c1ccc(-c2ccccc2-c2nc(-c3ccc4c(c3)C3(c5ccccc5-c5ccccc5-4)c4ccccc4-c4ccccc43)cc(-c3ccc4c(c3)oc3ccccc34)n2)cc1. The van der Waals surface area contributed by atoms with Crippen LogP contribution < -0.4 is 0 Å². The van der Waals surface area contributed by atoms with Gasteiger partial charge >= 0.3 is 0 Å². The van der Waals surface area contributed by atoms with Crippen LogP contribution in [0, 0.1) is 0 Å². The van der Waals surface area contributed by atoms with Crippen molar-refractivity contribution in [3.05, 3.63) is 241 Å². The Balaban J connectivity index is 1.10. The molecule has 2 aromatic heterocycles. The molecule has 0 atom stereocenters. The van der Waals surface area contributed by atoms with Gasteiger partial charge in [0.1, 0.15) is 11.2 Å². The van der Waals surface area contributed by atoms with Crippen LogP contribution in [0.5, 0.6) is 0 Å². The fourth-order valence-corrected chi connectivity index (χ4v) is 10.5. The molecule has 1 spiro atoms. The normalized spacial score (nSPS) is 13.0. The molecule has 2 aliphatic carbocycles. The number of fused-ring (bicyclic) bond motifs is 15. The summed E-state index contributed by atoms with van der Waals surface area (Å²) in [7, 11) is 0. The molecule has 0 fully saturated rings. The average Bonchev–Trinajstić information content (AvgIpc) is 3.84. The van der Waals surface area contributed by atoms with E-state index in [2.05, 4.69) is 206 Å². The van der Waals surface area contributed by atoms with Crippen LogP contribution in [-0.2, 0) is 5.41 Å². The van der Waals surface area contributed by atoms with Crippen molar-refractivity contribution in [1.82, 2.24) is 9.97 Å². The number of furan rings is 1. The zero-order valence-electron chi connectivity index (χ0n) is 33.6. The van der Waals surface area contributed by atoms with Crippen molar-refractivity contribution in [2.24, 2.45) is 0 Å².